The highest BCUT2D eigenvalue weighted by Crippen LogP contribution is 2.37. The first-order chi connectivity index (χ1) is 16.0. The van der Waals surface area contributed by atoms with Gasteiger partial charge in [-0.2, -0.15) is 0 Å². The smallest absolute Gasteiger partial charge is 0.263 e. The van der Waals surface area contributed by atoms with Gasteiger partial charge in [0.05, 0.1) is 22.5 Å². The van der Waals surface area contributed by atoms with E-state index in [0.29, 0.717) is 29.0 Å². The lowest BCUT2D eigenvalue weighted by Crippen LogP contribution is -2.43. The molecule has 2 amide bonds. The van der Waals surface area contributed by atoms with E-state index < -0.39 is 0 Å². The third kappa shape index (κ3) is 4.00. The Bertz CT molecular complexity index is 1340. The molecular formula is C24H24N4O3S2. The van der Waals surface area contributed by atoms with Gasteiger partial charge in [-0.1, -0.05) is 36.9 Å². The summed E-state index contributed by atoms with van der Waals surface area (Å²) in [6, 6.07) is 7.24. The molecule has 0 bridgehead atoms. The average Bonchev–Trinajstić information content (AvgIpc) is 3.16. The van der Waals surface area contributed by atoms with Crippen molar-refractivity contribution in [2.24, 2.45) is 5.92 Å². The van der Waals surface area contributed by atoms with E-state index in [1.54, 1.807) is 28.0 Å². The Morgan fingerprint density at radius 3 is 3.00 bits per heavy atom. The summed E-state index contributed by atoms with van der Waals surface area (Å²) in [6.45, 7) is 6.33. The lowest BCUT2D eigenvalue weighted by atomic mass is 9.89. The van der Waals surface area contributed by atoms with Gasteiger partial charge in [0.2, 0.25) is 11.8 Å². The van der Waals surface area contributed by atoms with E-state index in [-0.39, 0.29) is 29.7 Å². The Morgan fingerprint density at radius 2 is 2.18 bits per heavy atom. The number of benzene rings is 1. The van der Waals surface area contributed by atoms with Crippen molar-refractivity contribution in [3.05, 3.63) is 57.7 Å². The number of rotatable bonds is 5. The van der Waals surface area contributed by atoms with Gasteiger partial charge in [0.1, 0.15) is 11.4 Å². The summed E-state index contributed by atoms with van der Waals surface area (Å²) in [4.78, 5) is 46.9. The number of hydrogen-bond donors (Lipinski definition) is 1. The molecule has 2 aromatic heterocycles. The van der Waals surface area contributed by atoms with Crippen LogP contribution in [0.1, 0.15) is 23.8 Å². The van der Waals surface area contributed by atoms with Gasteiger partial charge >= 0.3 is 0 Å². The first-order valence-corrected chi connectivity index (χ1v) is 12.7. The number of fused-ring (bicyclic) bond motifs is 4. The van der Waals surface area contributed by atoms with Crippen molar-refractivity contribution in [1.29, 1.82) is 0 Å². The molecule has 170 valence electrons. The fourth-order valence-corrected chi connectivity index (χ4v) is 6.77. The highest BCUT2D eigenvalue weighted by Gasteiger charge is 2.28. The lowest BCUT2D eigenvalue weighted by molar-refractivity contribution is -0.120. The Hall–Kier alpha value is -2.91. The van der Waals surface area contributed by atoms with Crippen LogP contribution in [0.15, 0.2) is 46.9 Å². The van der Waals surface area contributed by atoms with Gasteiger partial charge in [0.25, 0.3) is 5.56 Å². The van der Waals surface area contributed by atoms with Crippen LogP contribution in [0.4, 0.5) is 11.4 Å². The summed E-state index contributed by atoms with van der Waals surface area (Å²) in [5.74, 6) is 0.241. The van der Waals surface area contributed by atoms with Crippen molar-refractivity contribution in [3.63, 3.8) is 0 Å². The molecule has 7 nitrogen and oxygen atoms in total. The van der Waals surface area contributed by atoms with Crippen molar-refractivity contribution >= 4 is 56.5 Å². The van der Waals surface area contributed by atoms with Crippen LogP contribution in [-0.4, -0.2) is 33.7 Å². The summed E-state index contributed by atoms with van der Waals surface area (Å²) in [5.41, 5.74) is 2.37. The monoisotopic (exact) mass is 480 g/mol. The maximum Gasteiger partial charge on any atom is 0.263 e. The first kappa shape index (κ1) is 21.9. The Labute approximate surface area is 199 Å². The van der Waals surface area contributed by atoms with E-state index in [0.717, 1.165) is 35.0 Å². The Kier molecular flexibility index (Phi) is 5.84. The zero-order chi connectivity index (χ0) is 23.1. The molecule has 1 aliphatic carbocycles. The number of anilines is 2. The van der Waals surface area contributed by atoms with Gasteiger partial charge < -0.3 is 10.2 Å². The molecule has 0 saturated carbocycles. The summed E-state index contributed by atoms with van der Waals surface area (Å²) in [7, 11) is 0. The average molecular weight is 481 g/mol. The van der Waals surface area contributed by atoms with Crippen LogP contribution in [0, 0.1) is 5.92 Å². The highest BCUT2D eigenvalue weighted by molar-refractivity contribution is 7.99. The Morgan fingerprint density at radius 1 is 1.36 bits per heavy atom. The van der Waals surface area contributed by atoms with Gasteiger partial charge in [-0.25, -0.2) is 4.98 Å². The quantitative estimate of drug-likeness (QED) is 0.341. The number of para-hydroxylation sites is 2. The van der Waals surface area contributed by atoms with E-state index in [1.807, 2.05) is 18.2 Å². The second-order valence-electron chi connectivity index (χ2n) is 8.46. The standard InChI is InChI=1S/C24H24N4O3S2/c1-3-10-27-23(31)21-15-9-8-14(2)11-18(15)33-22(21)26-24(27)32-13-20(30)28-12-19(29)25-16-6-4-5-7-17(16)28/h3-7,14H,1,8-13H2,2H3,(H,25,29). The molecule has 1 unspecified atom stereocenters. The van der Waals surface area contributed by atoms with Crippen LogP contribution >= 0.6 is 23.1 Å². The number of carbonyl (C=O) groups excluding carboxylic acids is 2. The second kappa shape index (κ2) is 8.79. The number of aromatic nitrogens is 2. The van der Waals surface area contributed by atoms with Gasteiger partial charge in [-0.3, -0.25) is 19.0 Å². The molecule has 0 spiro atoms. The molecule has 0 fully saturated rings. The molecule has 1 N–H and O–H groups in total. The van der Waals surface area contributed by atoms with Gasteiger partial charge in [-0.15, -0.1) is 17.9 Å². The normalized spacial score (nSPS) is 17.4. The summed E-state index contributed by atoms with van der Waals surface area (Å²) >= 11 is 2.83. The Balaban J connectivity index is 1.46. The van der Waals surface area contributed by atoms with Gasteiger partial charge in [0, 0.05) is 11.4 Å². The molecule has 1 aliphatic heterocycles. The third-order valence-corrected chi connectivity index (χ3v) is 8.20. The molecule has 0 radical (unpaired) electrons. The molecule has 1 aromatic carbocycles. The predicted octanol–water partition coefficient (Wildman–Crippen LogP) is 3.85. The third-order valence-electron chi connectivity index (χ3n) is 6.09. The molecule has 0 saturated heterocycles. The molecule has 3 aromatic rings. The first-order valence-electron chi connectivity index (χ1n) is 10.9. The van der Waals surface area contributed by atoms with E-state index in [2.05, 4.69) is 18.8 Å². The number of carbonyl (C=O) groups is 2. The largest absolute Gasteiger partial charge is 0.323 e. The minimum Gasteiger partial charge on any atom is -0.323 e. The summed E-state index contributed by atoms with van der Waals surface area (Å²) < 4.78 is 1.61. The van der Waals surface area contributed by atoms with Crippen molar-refractivity contribution in [2.75, 3.05) is 22.5 Å². The van der Waals surface area contributed by atoms with E-state index in [4.69, 9.17) is 4.98 Å². The topological polar surface area (TPSA) is 84.3 Å². The zero-order valence-electron chi connectivity index (χ0n) is 18.3. The van der Waals surface area contributed by atoms with E-state index >= 15 is 0 Å². The number of thioether (sulfide) groups is 1. The van der Waals surface area contributed by atoms with Crippen LogP contribution in [0.2, 0.25) is 0 Å². The summed E-state index contributed by atoms with van der Waals surface area (Å²) in [6.07, 6.45) is 4.64. The van der Waals surface area contributed by atoms with E-state index in [9.17, 15) is 14.4 Å². The van der Waals surface area contributed by atoms with Crippen molar-refractivity contribution in [3.8, 4) is 0 Å². The van der Waals surface area contributed by atoms with E-state index in [1.165, 1.54) is 21.5 Å². The molecule has 3 heterocycles. The fourth-order valence-electron chi connectivity index (χ4n) is 4.46. The molecule has 2 aliphatic rings. The maximum atomic E-state index is 13.4. The number of aryl methyl sites for hydroxylation is 1. The molecule has 1 atom stereocenters. The number of allylic oxidation sites excluding steroid dienone is 1. The minimum absolute atomic E-state index is 0.0296. The number of amides is 2. The summed E-state index contributed by atoms with van der Waals surface area (Å²) in [5, 5.41) is 4.02. The highest BCUT2D eigenvalue weighted by atomic mass is 32.2. The van der Waals surface area contributed by atoms with Gasteiger partial charge in [0.15, 0.2) is 5.16 Å². The molecule has 5 rings (SSSR count). The van der Waals surface area contributed by atoms with Gasteiger partial charge in [-0.05, 0) is 42.9 Å². The molecule has 33 heavy (non-hydrogen) atoms. The number of nitrogens with zero attached hydrogens (tertiary/aromatic N) is 3. The van der Waals surface area contributed by atoms with Crippen molar-refractivity contribution < 1.29 is 9.59 Å². The molecule has 9 heteroatoms. The number of nitrogens with one attached hydrogen (secondary N) is 1. The maximum absolute atomic E-state index is 13.4. The lowest BCUT2D eigenvalue weighted by Gasteiger charge is -2.29. The second-order valence-corrected chi connectivity index (χ2v) is 10.5. The SMILES string of the molecule is C=CCn1c(SCC(=O)N2CC(=O)Nc3ccccc32)nc2sc3c(c2c1=O)CCC(C)C3. The molecular weight excluding hydrogens is 456 g/mol. The number of hydrogen-bond acceptors (Lipinski definition) is 6. The van der Waals surface area contributed by atoms with Crippen LogP contribution in [-0.2, 0) is 29.0 Å². The van der Waals surface area contributed by atoms with Crippen molar-refractivity contribution in [1.82, 2.24) is 9.55 Å². The zero-order valence-corrected chi connectivity index (χ0v) is 19.9. The fraction of sp³-hybridized carbons (Fsp3) is 0.333. The predicted molar refractivity (Wildman–Crippen MR) is 133 cm³/mol. The van der Waals surface area contributed by atoms with Crippen LogP contribution < -0.4 is 15.8 Å². The van der Waals surface area contributed by atoms with Crippen LogP contribution in [0.25, 0.3) is 10.2 Å². The number of thiophene rings is 1. The van der Waals surface area contributed by atoms with Crippen LogP contribution in [0.3, 0.4) is 0 Å². The van der Waals surface area contributed by atoms with Crippen LogP contribution in [0.5, 0.6) is 0 Å². The van der Waals surface area contributed by atoms with Crippen molar-refractivity contribution in [2.45, 2.75) is 37.9 Å². The minimum atomic E-state index is -0.228.